The number of hydrogen-bond donors (Lipinski definition) is 1. The number of aliphatic hydroxyl groups is 1. The zero-order chi connectivity index (χ0) is 23.1. The topological polar surface area (TPSA) is 75.8 Å². The fourth-order valence-electron chi connectivity index (χ4n) is 5.25. The molecule has 1 saturated heterocycles. The number of imidazole rings is 1. The van der Waals surface area contributed by atoms with Crippen LogP contribution in [-0.4, -0.2) is 50.8 Å². The molecule has 4 heterocycles. The van der Waals surface area contributed by atoms with Gasteiger partial charge in [-0.05, 0) is 50.3 Å². The lowest BCUT2D eigenvalue weighted by Gasteiger charge is -2.29. The molecule has 0 spiro atoms. The summed E-state index contributed by atoms with van der Waals surface area (Å²) in [5.41, 5.74) is 5.66. The molecule has 2 aliphatic rings. The number of aryl methyl sites for hydroxylation is 2. The Balaban J connectivity index is 1.43. The first-order valence-electron chi connectivity index (χ1n) is 12.1. The summed E-state index contributed by atoms with van der Waals surface area (Å²) in [6.07, 6.45) is 9.35. The summed E-state index contributed by atoms with van der Waals surface area (Å²) in [6, 6.07) is 12.3. The molecule has 0 saturated carbocycles. The number of anilines is 1. The van der Waals surface area contributed by atoms with Crippen molar-refractivity contribution in [1.82, 2.24) is 19.4 Å². The largest absolute Gasteiger partial charge is 0.379 e. The van der Waals surface area contributed by atoms with Gasteiger partial charge in [-0.1, -0.05) is 29.8 Å². The lowest BCUT2D eigenvalue weighted by molar-refractivity contribution is 0.0651. The molecular weight excluding hydrogens is 426 g/mol. The Labute approximate surface area is 199 Å². The number of aromatic nitrogens is 4. The maximum Gasteiger partial charge on any atom is 0.225 e. The molecule has 174 valence electrons. The number of benzene rings is 1. The van der Waals surface area contributed by atoms with Gasteiger partial charge in [-0.3, -0.25) is 4.40 Å². The molecule has 0 radical (unpaired) electrons. The van der Waals surface area contributed by atoms with Crippen molar-refractivity contribution < 1.29 is 9.84 Å². The zero-order valence-corrected chi connectivity index (χ0v) is 19.4. The van der Waals surface area contributed by atoms with Gasteiger partial charge in [0.1, 0.15) is 11.2 Å². The van der Waals surface area contributed by atoms with Crippen molar-refractivity contribution in [2.24, 2.45) is 0 Å². The van der Waals surface area contributed by atoms with Crippen LogP contribution in [0.1, 0.15) is 41.8 Å². The van der Waals surface area contributed by atoms with Crippen molar-refractivity contribution in [3.63, 3.8) is 0 Å². The molecule has 0 amide bonds. The Morgan fingerprint density at radius 3 is 2.62 bits per heavy atom. The molecule has 1 aliphatic heterocycles. The van der Waals surface area contributed by atoms with E-state index in [1.807, 2.05) is 30.6 Å². The molecule has 1 atom stereocenters. The van der Waals surface area contributed by atoms with E-state index in [9.17, 15) is 5.11 Å². The van der Waals surface area contributed by atoms with Gasteiger partial charge in [0.25, 0.3) is 0 Å². The summed E-state index contributed by atoms with van der Waals surface area (Å²) in [6.45, 7) is 5.10. The van der Waals surface area contributed by atoms with Crippen molar-refractivity contribution in [2.45, 2.75) is 38.2 Å². The first-order chi connectivity index (χ1) is 16.6. The van der Waals surface area contributed by atoms with E-state index >= 15 is 0 Å². The van der Waals surface area contributed by atoms with E-state index in [1.165, 1.54) is 0 Å². The molecule has 1 aliphatic carbocycles. The maximum atomic E-state index is 12.1. The molecule has 1 unspecified atom stereocenters. The summed E-state index contributed by atoms with van der Waals surface area (Å²) >= 11 is 0. The minimum absolute atomic E-state index is 0.679. The smallest absolute Gasteiger partial charge is 0.225 e. The molecule has 1 fully saturated rings. The molecule has 1 aromatic carbocycles. The first-order valence-corrected chi connectivity index (χ1v) is 12.1. The van der Waals surface area contributed by atoms with Crippen LogP contribution >= 0.6 is 0 Å². The average molecular weight is 456 g/mol. The van der Waals surface area contributed by atoms with Gasteiger partial charge >= 0.3 is 0 Å². The Morgan fingerprint density at radius 1 is 1.00 bits per heavy atom. The Morgan fingerprint density at radius 2 is 1.82 bits per heavy atom. The summed E-state index contributed by atoms with van der Waals surface area (Å²) in [4.78, 5) is 16.3. The average Bonchev–Trinajstić information content (AvgIpc) is 3.16. The normalized spacial score (nSPS) is 20.8. The van der Waals surface area contributed by atoms with Gasteiger partial charge in [0.05, 0.1) is 24.6 Å². The second-order valence-corrected chi connectivity index (χ2v) is 9.36. The summed E-state index contributed by atoms with van der Waals surface area (Å²) < 4.78 is 7.51. The maximum absolute atomic E-state index is 12.1. The van der Waals surface area contributed by atoms with Crippen molar-refractivity contribution in [3.8, 4) is 11.1 Å². The lowest BCUT2D eigenvalue weighted by Crippen LogP contribution is -2.37. The number of rotatable bonds is 3. The fourth-order valence-corrected chi connectivity index (χ4v) is 5.25. The molecule has 6 rings (SSSR count). The van der Waals surface area contributed by atoms with Gasteiger partial charge < -0.3 is 14.7 Å². The first kappa shape index (κ1) is 21.3. The predicted octanol–water partition coefficient (Wildman–Crippen LogP) is 3.90. The fraction of sp³-hybridized carbons (Fsp3) is 0.370. The van der Waals surface area contributed by atoms with E-state index in [4.69, 9.17) is 9.72 Å². The highest BCUT2D eigenvalue weighted by Crippen LogP contribution is 2.40. The van der Waals surface area contributed by atoms with Crippen LogP contribution in [0.4, 0.5) is 5.95 Å². The second kappa shape index (κ2) is 8.49. The van der Waals surface area contributed by atoms with Crippen LogP contribution in [0, 0.1) is 6.92 Å². The van der Waals surface area contributed by atoms with Gasteiger partial charge in [0, 0.05) is 42.8 Å². The monoisotopic (exact) mass is 455 g/mol. The Kier molecular flexibility index (Phi) is 5.31. The number of morpholine rings is 1. The Hall–Kier alpha value is -3.29. The van der Waals surface area contributed by atoms with Gasteiger partial charge in [-0.2, -0.15) is 0 Å². The minimum atomic E-state index is -1.08. The number of pyridine rings is 1. The highest BCUT2D eigenvalue weighted by molar-refractivity contribution is 5.64. The van der Waals surface area contributed by atoms with Gasteiger partial charge in [-0.25, -0.2) is 15.0 Å². The Bertz CT molecular complexity index is 1330. The molecular formula is C27H29N5O2. The van der Waals surface area contributed by atoms with Crippen molar-refractivity contribution in [2.75, 3.05) is 31.2 Å². The SMILES string of the molecule is Cc1cccc(C2(O)CCCCc3nc4ccc(-c5cnc(N6CCOCC6)nc5)cn4c32)c1. The molecule has 0 bridgehead atoms. The predicted molar refractivity (Wildman–Crippen MR) is 131 cm³/mol. The van der Waals surface area contributed by atoms with Crippen LogP contribution in [-0.2, 0) is 16.8 Å². The van der Waals surface area contributed by atoms with Crippen LogP contribution in [0.5, 0.6) is 0 Å². The highest BCUT2D eigenvalue weighted by atomic mass is 16.5. The van der Waals surface area contributed by atoms with Crippen LogP contribution in [0.3, 0.4) is 0 Å². The van der Waals surface area contributed by atoms with Crippen molar-refractivity contribution >= 4 is 11.6 Å². The lowest BCUT2D eigenvalue weighted by atomic mass is 9.85. The molecule has 4 aromatic rings. The molecule has 34 heavy (non-hydrogen) atoms. The number of fused-ring (bicyclic) bond motifs is 3. The number of nitrogens with zero attached hydrogens (tertiary/aromatic N) is 5. The summed E-state index contributed by atoms with van der Waals surface area (Å²) in [5, 5.41) is 12.1. The number of hydrogen-bond acceptors (Lipinski definition) is 6. The van der Waals surface area contributed by atoms with Crippen LogP contribution < -0.4 is 4.90 Å². The van der Waals surface area contributed by atoms with E-state index in [0.29, 0.717) is 19.6 Å². The third-order valence-corrected chi connectivity index (χ3v) is 7.05. The van der Waals surface area contributed by atoms with Crippen molar-refractivity contribution in [1.29, 1.82) is 0 Å². The third-order valence-electron chi connectivity index (χ3n) is 7.05. The van der Waals surface area contributed by atoms with Gasteiger partial charge in [0.15, 0.2) is 0 Å². The van der Waals surface area contributed by atoms with E-state index < -0.39 is 5.60 Å². The van der Waals surface area contributed by atoms with E-state index in [2.05, 4.69) is 50.6 Å². The molecule has 1 N–H and O–H groups in total. The van der Waals surface area contributed by atoms with Crippen molar-refractivity contribution in [3.05, 3.63) is 77.5 Å². The summed E-state index contributed by atoms with van der Waals surface area (Å²) in [5.74, 6) is 0.735. The van der Waals surface area contributed by atoms with Gasteiger partial charge in [-0.15, -0.1) is 0 Å². The molecule has 3 aromatic heterocycles. The third kappa shape index (κ3) is 3.65. The number of ether oxygens (including phenoxy) is 1. The van der Waals surface area contributed by atoms with Crippen LogP contribution in [0.15, 0.2) is 55.0 Å². The van der Waals surface area contributed by atoms with Gasteiger partial charge in [0.2, 0.25) is 5.95 Å². The van der Waals surface area contributed by atoms with E-state index in [-0.39, 0.29) is 0 Å². The summed E-state index contributed by atoms with van der Waals surface area (Å²) in [7, 11) is 0. The molecule has 7 heteroatoms. The highest BCUT2D eigenvalue weighted by Gasteiger charge is 2.38. The molecule has 7 nitrogen and oxygen atoms in total. The standard InChI is InChI=1S/C27H29N5O2/c1-19-5-4-6-22(15-19)27(33)10-3-2-7-23-25(27)32-18-20(8-9-24(32)30-23)21-16-28-26(29-17-21)31-11-13-34-14-12-31/h4-6,8-9,15-18,33H,2-3,7,10-14H2,1H3. The second-order valence-electron chi connectivity index (χ2n) is 9.36. The zero-order valence-electron chi connectivity index (χ0n) is 19.4. The quantitative estimate of drug-likeness (QED) is 0.472. The van der Waals surface area contributed by atoms with Crippen LogP contribution in [0.25, 0.3) is 16.8 Å². The van der Waals surface area contributed by atoms with E-state index in [1.54, 1.807) is 0 Å². The van der Waals surface area contributed by atoms with Crippen LogP contribution in [0.2, 0.25) is 0 Å². The van der Waals surface area contributed by atoms with E-state index in [0.717, 1.165) is 77.6 Å². The minimum Gasteiger partial charge on any atom is -0.379 e.